The van der Waals surface area contributed by atoms with Crippen LogP contribution < -0.4 is 5.32 Å². The van der Waals surface area contributed by atoms with E-state index < -0.39 is 58.9 Å². The van der Waals surface area contributed by atoms with Gasteiger partial charge in [0, 0.05) is 17.0 Å². The summed E-state index contributed by atoms with van der Waals surface area (Å²) in [5, 5.41) is 21.6. The Balaban J connectivity index is 2.09. The molecule has 3 N–H and O–H groups in total. The summed E-state index contributed by atoms with van der Waals surface area (Å²) >= 11 is 5.66. The minimum absolute atomic E-state index is 0.0316. The summed E-state index contributed by atoms with van der Waals surface area (Å²) in [7, 11) is 0. The molecule has 0 heterocycles. The third-order valence-electron chi connectivity index (χ3n) is 5.59. The Kier molecular flexibility index (Phi) is 7.62. The first-order valence-electron chi connectivity index (χ1n) is 10.4. The Labute approximate surface area is 211 Å². The molecule has 1 atom stereocenters. The average Bonchev–Trinajstić information content (AvgIpc) is 2.79. The summed E-state index contributed by atoms with van der Waals surface area (Å²) in [5.74, 6) is -2.04. The van der Waals surface area contributed by atoms with E-state index in [2.05, 4.69) is 11.9 Å². The predicted octanol–water partition coefficient (Wildman–Crippen LogP) is 6.18. The van der Waals surface area contributed by atoms with Gasteiger partial charge in [0.15, 0.2) is 5.60 Å². The highest BCUT2D eigenvalue weighted by atomic mass is 35.5. The smallest absolute Gasteiger partial charge is 0.421 e. The van der Waals surface area contributed by atoms with Gasteiger partial charge in [-0.05, 0) is 51.7 Å². The monoisotopic (exact) mass is 545 g/mol. The minimum Gasteiger partial charge on any atom is -0.480 e. The maximum atomic E-state index is 14.1. The molecule has 0 aliphatic heterocycles. The molecule has 1 unspecified atom stereocenters. The van der Waals surface area contributed by atoms with E-state index in [9.17, 15) is 41.0 Å². The fraction of sp³-hybridized carbons (Fsp3) is 0.200. The third kappa shape index (κ3) is 5.89. The van der Waals surface area contributed by atoms with Crippen LogP contribution in [0.4, 0.5) is 26.3 Å². The molecule has 0 aliphatic rings. The SMILES string of the molecule is C=C(CC(O)(c1cc(Cl)cc(C(F)(F)F)c1)C(F)(F)F)c1ccc(C(=O)NCC(=O)O)c2ccccc12. The standard InChI is InChI=1S/C25H18ClF6NO4/c1-13(11-23(37,25(30,31)32)14-8-15(24(27,28)29)10-16(26)9-14)17-6-7-20(22(36)33-12-21(34)35)19-5-3-2-4-18(17)19/h2-10,37H,1,11-12H2,(H,33,36)(H,34,35). The van der Waals surface area contributed by atoms with Crippen LogP contribution >= 0.6 is 11.6 Å². The van der Waals surface area contributed by atoms with Crippen molar-refractivity contribution < 1.29 is 46.1 Å². The molecule has 0 saturated carbocycles. The number of carboxylic acid groups (broad SMARTS) is 1. The molecule has 37 heavy (non-hydrogen) atoms. The van der Waals surface area contributed by atoms with Crippen molar-refractivity contribution in [1.29, 1.82) is 0 Å². The van der Waals surface area contributed by atoms with E-state index in [1.165, 1.54) is 30.3 Å². The first-order valence-corrected chi connectivity index (χ1v) is 10.8. The topological polar surface area (TPSA) is 86.6 Å². The molecular weight excluding hydrogens is 528 g/mol. The van der Waals surface area contributed by atoms with Crippen molar-refractivity contribution in [1.82, 2.24) is 5.32 Å². The van der Waals surface area contributed by atoms with E-state index in [0.29, 0.717) is 12.1 Å². The van der Waals surface area contributed by atoms with Crippen LogP contribution in [0.25, 0.3) is 16.3 Å². The van der Waals surface area contributed by atoms with E-state index in [4.69, 9.17) is 16.7 Å². The summed E-state index contributed by atoms with van der Waals surface area (Å²) in [4.78, 5) is 23.2. The quantitative estimate of drug-likeness (QED) is 0.310. The van der Waals surface area contributed by atoms with Crippen LogP contribution in [0.5, 0.6) is 0 Å². The number of hydrogen-bond donors (Lipinski definition) is 3. The second-order valence-corrected chi connectivity index (χ2v) is 8.58. The number of benzene rings is 3. The van der Waals surface area contributed by atoms with Gasteiger partial charge >= 0.3 is 18.3 Å². The highest BCUT2D eigenvalue weighted by Gasteiger charge is 2.55. The minimum atomic E-state index is -5.42. The predicted molar refractivity (Wildman–Crippen MR) is 124 cm³/mol. The molecule has 0 bridgehead atoms. The van der Waals surface area contributed by atoms with E-state index in [1.54, 1.807) is 6.07 Å². The van der Waals surface area contributed by atoms with Gasteiger partial charge in [0.1, 0.15) is 6.54 Å². The van der Waals surface area contributed by atoms with Crippen molar-refractivity contribution in [3.63, 3.8) is 0 Å². The molecule has 196 valence electrons. The van der Waals surface area contributed by atoms with Crippen LogP contribution in [-0.4, -0.2) is 34.8 Å². The number of carboxylic acids is 1. The van der Waals surface area contributed by atoms with Gasteiger partial charge in [0.25, 0.3) is 5.91 Å². The number of carbonyl (C=O) groups is 2. The fourth-order valence-corrected chi connectivity index (χ4v) is 4.05. The molecule has 0 aliphatic carbocycles. The first-order chi connectivity index (χ1) is 17.0. The fourth-order valence-electron chi connectivity index (χ4n) is 3.82. The van der Waals surface area contributed by atoms with Crippen molar-refractivity contribution in [2.24, 2.45) is 0 Å². The number of nitrogens with one attached hydrogen (secondary N) is 1. The molecule has 0 spiro atoms. The Morgan fingerprint density at radius 1 is 0.892 bits per heavy atom. The lowest BCUT2D eigenvalue weighted by molar-refractivity contribution is -0.264. The lowest BCUT2D eigenvalue weighted by Crippen LogP contribution is -2.42. The highest BCUT2D eigenvalue weighted by Crippen LogP contribution is 2.47. The van der Waals surface area contributed by atoms with Crippen LogP contribution in [0, 0.1) is 0 Å². The number of amides is 1. The summed E-state index contributed by atoms with van der Waals surface area (Å²) < 4.78 is 82.1. The Hall–Kier alpha value is -3.57. The van der Waals surface area contributed by atoms with Crippen molar-refractivity contribution in [3.8, 4) is 0 Å². The average molecular weight is 546 g/mol. The zero-order valence-corrected chi connectivity index (χ0v) is 19.4. The van der Waals surface area contributed by atoms with E-state index in [-0.39, 0.29) is 33.5 Å². The highest BCUT2D eigenvalue weighted by molar-refractivity contribution is 6.30. The second-order valence-electron chi connectivity index (χ2n) is 8.15. The molecule has 3 aromatic rings. The normalized spacial score (nSPS) is 13.7. The van der Waals surface area contributed by atoms with Gasteiger partial charge in [-0.3, -0.25) is 9.59 Å². The lowest BCUT2D eigenvalue weighted by Gasteiger charge is -2.32. The van der Waals surface area contributed by atoms with Gasteiger partial charge < -0.3 is 15.5 Å². The Morgan fingerprint density at radius 3 is 1.97 bits per heavy atom. The summed E-state index contributed by atoms with van der Waals surface area (Å²) in [5.41, 5.74) is -6.54. The lowest BCUT2D eigenvalue weighted by atomic mass is 9.83. The number of aliphatic hydroxyl groups is 1. The van der Waals surface area contributed by atoms with Gasteiger partial charge in [0.05, 0.1) is 5.56 Å². The van der Waals surface area contributed by atoms with Crippen molar-refractivity contribution in [3.05, 3.63) is 88.5 Å². The molecule has 3 aromatic carbocycles. The number of aliphatic carboxylic acids is 1. The molecule has 12 heteroatoms. The molecule has 5 nitrogen and oxygen atoms in total. The van der Waals surface area contributed by atoms with Gasteiger partial charge in [0.2, 0.25) is 0 Å². The third-order valence-corrected chi connectivity index (χ3v) is 5.81. The maximum absolute atomic E-state index is 14.1. The van der Waals surface area contributed by atoms with Gasteiger partial charge in [-0.25, -0.2) is 0 Å². The molecule has 0 fully saturated rings. The van der Waals surface area contributed by atoms with Crippen molar-refractivity contribution in [2.45, 2.75) is 24.4 Å². The van der Waals surface area contributed by atoms with Crippen LogP contribution in [0.3, 0.4) is 0 Å². The van der Waals surface area contributed by atoms with Gasteiger partial charge in [-0.2, -0.15) is 26.3 Å². The molecular formula is C25H18ClF6NO4. The van der Waals surface area contributed by atoms with Gasteiger partial charge in [-0.15, -0.1) is 0 Å². The summed E-state index contributed by atoms with van der Waals surface area (Å²) in [6.07, 6.45) is -11.7. The second kappa shape index (κ2) is 10.1. The number of fused-ring (bicyclic) bond motifs is 1. The molecule has 1 amide bonds. The molecule has 0 aromatic heterocycles. The van der Waals surface area contributed by atoms with Crippen LogP contribution in [0.1, 0.15) is 33.5 Å². The molecule has 0 radical (unpaired) electrons. The number of hydrogen-bond acceptors (Lipinski definition) is 3. The Morgan fingerprint density at radius 2 is 1.43 bits per heavy atom. The maximum Gasteiger partial charge on any atom is 0.421 e. The number of rotatable bonds is 7. The Bertz CT molecular complexity index is 1390. The van der Waals surface area contributed by atoms with E-state index >= 15 is 0 Å². The number of carbonyl (C=O) groups excluding carboxylic acids is 1. The largest absolute Gasteiger partial charge is 0.480 e. The molecule has 3 rings (SSSR count). The van der Waals surface area contributed by atoms with Crippen LogP contribution in [-0.2, 0) is 16.6 Å². The van der Waals surface area contributed by atoms with E-state index in [1.807, 2.05) is 0 Å². The zero-order valence-electron chi connectivity index (χ0n) is 18.7. The number of alkyl halides is 6. The van der Waals surface area contributed by atoms with Crippen molar-refractivity contribution >= 4 is 39.8 Å². The van der Waals surface area contributed by atoms with E-state index in [0.717, 1.165) is 0 Å². The first kappa shape index (κ1) is 28.0. The van der Waals surface area contributed by atoms with Gasteiger partial charge in [-0.1, -0.05) is 48.5 Å². The van der Waals surface area contributed by atoms with Crippen LogP contribution in [0.2, 0.25) is 5.02 Å². The van der Waals surface area contributed by atoms with Crippen LogP contribution in [0.15, 0.2) is 61.2 Å². The summed E-state index contributed by atoms with van der Waals surface area (Å²) in [6, 6.07) is 9.75. The number of halogens is 7. The molecule has 0 saturated heterocycles. The summed E-state index contributed by atoms with van der Waals surface area (Å²) in [6.45, 7) is 2.97. The van der Waals surface area contributed by atoms with Crippen molar-refractivity contribution in [2.75, 3.05) is 6.54 Å². The zero-order chi connectivity index (χ0) is 27.8.